The largest absolute Gasteiger partial charge is 0.465 e. The van der Waals surface area contributed by atoms with Crippen LogP contribution >= 0.6 is 0 Å². The van der Waals surface area contributed by atoms with E-state index in [1.165, 1.54) is 12.7 Å². The Balaban J connectivity index is 1.72. The molecule has 0 bridgehead atoms. The molecule has 148 valence electrons. The number of nitrogens with zero attached hydrogens (tertiary/aromatic N) is 1. The molecule has 0 aliphatic carbocycles. The minimum Gasteiger partial charge on any atom is -0.465 e. The summed E-state index contributed by atoms with van der Waals surface area (Å²) >= 11 is 0. The van der Waals surface area contributed by atoms with Crippen LogP contribution in [0.3, 0.4) is 0 Å². The molecule has 2 N–H and O–H groups in total. The van der Waals surface area contributed by atoms with Gasteiger partial charge in [0.25, 0.3) is 5.91 Å². The van der Waals surface area contributed by atoms with Crippen molar-refractivity contribution in [2.45, 2.75) is 19.8 Å². The number of pyridine rings is 1. The van der Waals surface area contributed by atoms with E-state index in [4.69, 9.17) is 4.74 Å². The van der Waals surface area contributed by atoms with Gasteiger partial charge in [0.1, 0.15) is 5.82 Å². The van der Waals surface area contributed by atoms with E-state index in [1.807, 2.05) is 12.1 Å². The molecule has 0 aliphatic heterocycles. The van der Waals surface area contributed by atoms with Crippen LogP contribution in [0.15, 0.2) is 66.9 Å². The van der Waals surface area contributed by atoms with Gasteiger partial charge < -0.3 is 15.4 Å². The Labute approximate surface area is 169 Å². The highest BCUT2D eigenvalue weighted by Gasteiger charge is 2.10. The van der Waals surface area contributed by atoms with Crippen LogP contribution in [0, 0.1) is 0 Å². The summed E-state index contributed by atoms with van der Waals surface area (Å²) in [6, 6.07) is 18.0. The normalized spacial score (nSPS) is 10.5. The van der Waals surface area contributed by atoms with Crippen LogP contribution in [0.4, 0.5) is 17.2 Å². The second kappa shape index (κ2) is 9.01. The van der Waals surface area contributed by atoms with E-state index in [0.717, 1.165) is 5.69 Å². The Morgan fingerprint density at radius 2 is 1.69 bits per heavy atom. The second-order valence-electron chi connectivity index (χ2n) is 6.86. The maximum Gasteiger partial charge on any atom is 0.337 e. The van der Waals surface area contributed by atoms with Crippen LogP contribution in [-0.2, 0) is 4.74 Å². The number of rotatable bonds is 6. The molecule has 0 unspecified atom stereocenters. The molecule has 6 nitrogen and oxygen atoms in total. The Hall–Kier alpha value is -3.67. The van der Waals surface area contributed by atoms with E-state index in [2.05, 4.69) is 41.6 Å². The first-order chi connectivity index (χ1) is 14.0. The Morgan fingerprint density at radius 3 is 2.38 bits per heavy atom. The van der Waals surface area contributed by atoms with E-state index < -0.39 is 5.97 Å². The number of hydrogen-bond donors (Lipinski definition) is 2. The van der Waals surface area contributed by atoms with Crippen molar-refractivity contribution in [2.24, 2.45) is 0 Å². The van der Waals surface area contributed by atoms with Crippen LogP contribution in [0.2, 0.25) is 0 Å². The third kappa shape index (κ3) is 5.19. The molecule has 1 aromatic heterocycles. The number of ether oxygens (including phenoxy) is 1. The number of esters is 1. The summed E-state index contributed by atoms with van der Waals surface area (Å²) in [6.45, 7) is 4.29. The molecule has 0 saturated heterocycles. The first-order valence-electron chi connectivity index (χ1n) is 9.29. The van der Waals surface area contributed by atoms with Crippen molar-refractivity contribution in [1.29, 1.82) is 0 Å². The zero-order chi connectivity index (χ0) is 20.8. The third-order valence-electron chi connectivity index (χ3n) is 4.41. The van der Waals surface area contributed by atoms with E-state index in [-0.39, 0.29) is 5.91 Å². The summed E-state index contributed by atoms with van der Waals surface area (Å²) in [5.41, 5.74) is 3.47. The zero-order valence-corrected chi connectivity index (χ0v) is 16.6. The van der Waals surface area contributed by atoms with Gasteiger partial charge in [-0.3, -0.25) is 4.79 Å². The zero-order valence-electron chi connectivity index (χ0n) is 16.6. The van der Waals surface area contributed by atoms with Crippen LogP contribution in [-0.4, -0.2) is 24.0 Å². The summed E-state index contributed by atoms with van der Waals surface area (Å²) in [6.07, 6.45) is 1.57. The first-order valence-corrected chi connectivity index (χ1v) is 9.29. The first kappa shape index (κ1) is 20.1. The lowest BCUT2D eigenvalue weighted by atomic mass is 10.0. The second-order valence-corrected chi connectivity index (χ2v) is 6.86. The highest BCUT2D eigenvalue weighted by Crippen LogP contribution is 2.20. The van der Waals surface area contributed by atoms with Gasteiger partial charge in [0.15, 0.2) is 0 Å². The molecule has 6 heteroatoms. The fourth-order valence-electron chi connectivity index (χ4n) is 2.78. The number of nitrogens with one attached hydrogen (secondary N) is 2. The molecule has 0 fully saturated rings. The van der Waals surface area contributed by atoms with Crippen molar-refractivity contribution in [3.05, 3.63) is 83.6 Å². The highest BCUT2D eigenvalue weighted by molar-refractivity contribution is 6.05. The van der Waals surface area contributed by atoms with E-state index in [1.54, 1.807) is 42.6 Å². The summed E-state index contributed by atoms with van der Waals surface area (Å²) in [5.74, 6) is 0.276. The average molecular weight is 389 g/mol. The molecule has 1 amide bonds. The maximum atomic E-state index is 12.6. The van der Waals surface area contributed by atoms with Crippen molar-refractivity contribution in [3.63, 3.8) is 0 Å². The van der Waals surface area contributed by atoms with Gasteiger partial charge in [0.2, 0.25) is 0 Å². The molecule has 2 aromatic carbocycles. The molecular formula is C23H23N3O3. The molecule has 0 atom stereocenters. The number of hydrogen-bond acceptors (Lipinski definition) is 5. The summed E-state index contributed by atoms with van der Waals surface area (Å²) in [7, 11) is 1.31. The summed E-state index contributed by atoms with van der Waals surface area (Å²) in [4.78, 5) is 28.5. The number of amides is 1. The van der Waals surface area contributed by atoms with Crippen LogP contribution < -0.4 is 10.6 Å². The van der Waals surface area contributed by atoms with Gasteiger partial charge in [-0.2, -0.15) is 0 Å². The van der Waals surface area contributed by atoms with E-state index >= 15 is 0 Å². The van der Waals surface area contributed by atoms with Crippen LogP contribution in [0.5, 0.6) is 0 Å². The molecule has 3 aromatic rings. The van der Waals surface area contributed by atoms with Gasteiger partial charge in [0, 0.05) is 23.1 Å². The van der Waals surface area contributed by atoms with Crippen LogP contribution in [0.25, 0.3) is 0 Å². The summed E-state index contributed by atoms with van der Waals surface area (Å²) in [5, 5.41) is 5.99. The topological polar surface area (TPSA) is 80.3 Å². The van der Waals surface area contributed by atoms with Gasteiger partial charge >= 0.3 is 5.97 Å². The SMILES string of the molecule is COC(=O)c1cccc(NC(=O)c2ccnc(Nc3ccc(C(C)C)cc3)c2)c1. The van der Waals surface area contributed by atoms with E-state index in [0.29, 0.717) is 28.6 Å². The molecule has 0 radical (unpaired) electrons. The minimum atomic E-state index is -0.458. The van der Waals surface area contributed by atoms with Crippen molar-refractivity contribution in [3.8, 4) is 0 Å². The molecule has 0 spiro atoms. The minimum absolute atomic E-state index is 0.298. The van der Waals surface area contributed by atoms with Gasteiger partial charge in [0.05, 0.1) is 12.7 Å². The molecular weight excluding hydrogens is 366 g/mol. The predicted molar refractivity (Wildman–Crippen MR) is 114 cm³/mol. The van der Waals surface area contributed by atoms with E-state index in [9.17, 15) is 9.59 Å². The Bertz CT molecular complexity index is 1010. The lowest BCUT2D eigenvalue weighted by molar-refractivity contribution is 0.0600. The van der Waals surface area contributed by atoms with Crippen molar-refractivity contribution >= 4 is 29.1 Å². The van der Waals surface area contributed by atoms with Crippen molar-refractivity contribution < 1.29 is 14.3 Å². The number of aromatic nitrogens is 1. The monoisotopic (exact) mass is 389 g/mol. The number of carbonyl (C=O) groups excluding carboxylic acids is 2. The average Bonchev–Trinajstić information content (AvgIpc) is 2.74. The molecule has 1 heterocycles. The predicted octanol–water partition coefficient (Wildman–Crippen LogP) is 4.99. The lowest BCUT2D eigenvalue weighted by Gasteiger charge is -2.10. The molecule has 0 aliphatic rings. The maximum absolute atomic E-state index is 12.6. The highest BCUT2D eigenvalue weighted by atomic mass is 16.5. The van der Waals surface area contributed by atoms with Gasteiger partial charge in [-0.25, -0.2) is 9.78 Å². The third-order valence-corrected chi connectivity index (χ3v) is 4.41. The van der Waals surface area contributed by atoms with Crippen molar-refractivity contribution in [2.75, 3.05) is 17.7 Å². The van der Waals surface area contributed by atoms with Crippen LogP contribution in [0.1, 0.15) is 46.0 Å². The molecule has 29 heavy (non-hydrogen) atoms. The number of benzene rings is 2. The quantitative estimate of drug-likeness (QED) is 0.581. The number of anilines is 3. The van der Waals surface area contributed by atoms with Crippen molar-refractivity contribution in [1.82, 2.24) is 4.98 Å². The fourth-order valence-corrected chi connectivity index (χ4v) is 2.78. The van der Waals surface area contributed by atoms with Gasteiger partial charge in [-0.1, -0.05) is 32.0 Å². The molecule has 3 rings (SSSR count). The standard InChI is InChI=1S/C23H23N3O3/c1-15(2)16-7-9-19(10-8-16)25-21-14-17(11-12-24-21)22(27)26-20-6-4-5-18(13-20)23(28)29-3/h4-15H,1-3H3,(H,24,25)(H,26,27). The number of carbonyl (C=O) groups is 2. The number of methoxy groups -OCH3 is 1. The van der Waals surface area contributed by atoms with Gasteiger partial charge in [-0.05, 0) is 53.9 Å². The Morgan fingerprint density at radius 1 is 0.931 bits per heavy atom. The summed E-state index contributed by atoms with van der Waals surface area (Å²) < 4.78 is 4.71. The lowest BCUT2D eigenvalue weighted by Crippen LogP contribution is -2.13. The smallest absolute Gasteiger partial charge is 0.337 e. The fraction of sp³-hybridized carbons (Fsp3) is 0.174. The van der Waals surface area contributed by atoms with Gasteiger partial charge in [-0.15, -0.1) is 0 Å². The Kier molecular flexibility index (Phi) is 6.24. The molecule has 0 saturated carbocycles.